The molecule has 3 unspecified atom stereocenters. The van der Waals surface area contributed by atoms with E-state index in [9.17, 15) is 19.2 Å². The smallest absolute Gasteiger partial charge is 0.309 e. The van der Waals surface area contributed by atoms with Gasteiger partial charge in [0.15, 0.2) is 0 Å². The third-order valence-corrected chi connectivity index (χ3v) is 7.13. The monoisotopic (exact) mass is 391 g/mol. The molecular weight excluding hydrogens is 362 g/mol. The minimum Gasteiger partial charge on any atom is -0.461 e. The van der Waals surface area contributed by atoms with E-state index in [1.165, 1.54) is 0 Å². The Labute approximate surface area is 165 Å². The van der Waals surface area contributed by atoms with Gasteiger partial charge in [0.25, 0.3) is 0 Å². The molecule has 4 fully saturated rings. The normalized spacial score (nSPS) is 41.5. The number of fused-ring (bicyclic) bond motifs is 3. The van der Waals surface area contributed by atoms with Gasteiger partial charge in [-0.05, 0) is 25.7 Å². The highest BCUT2D eigenvalue weighted by molar-refractivity contribution is 5.90. The van der Waals surface area contributed by atoms with Gasteiger partial charge in [-0.3, -0.25) is 19.2 Å². The summed E-state index contributed by atoms with van der Waals surface area (Å²) in [5, 5.41) is 0. The summed E-state index contributed by atoms with van der Waals surface area (Å²) in [7, 11) is 0. The van der Waals surface area contributed by atoms with E-state index in [2.05, 4.69) is 0 Å². The molecular formula is C21H29NO6. The quantitative estimate of drug-likeness (QED) is 0.668. The first-order valence-electron chi connectivity index (χ1n) is 10.6. The second-order valence-corrected chi connectivity index (χ2v) is 8.82. The van der Waals surface area contributed by atoms with Crippen molar-refractivity contribution in [3.63, 3.8) is 0 Å². The number of ketones is 1. The van der Waals surface area contributed by atoms with Crippen molar-refractivity contribution >= 4 is 23.6 Å². The maximum Gasteiger partial charge on any atom is 0.309 e. The molecule has 0 saturated carbocycles. The van der Waals surface area contributed by atoms with Crippen LogP contribution in [-0.4, -0.2) is 53.3 Å². The van der Waals surface area contributed by atoms with E-state index < -0.39 is 24.2 Å². The standard InChI is InChI=1S/C21H29NO6/c1-3-12-13-6-4-5-7-22(20(13)25)15(17-8-11(2)21(26)27-17)10-16(23)14-9-18(24)28-19(12)14/h11-15,17,19H,3-10H2,1-2H3/t11-,12+,13-,14?,15?,17+,19?/m0/s1. The summed E-state index contributed by atoms with van der Waals surface area (Å²) in [6.45, 7) is 4.40. The molecule has 7 nitrogen and oxygen atoms in total. The van der Waals surface area contributed by atoms with Crippen LogP contribution in [0.15, 0.2) is 0 Å². The average Bonchev–Trinajstić information content (AvgIpc) is 3.14. The third kappa shape index (κ3) is 3.22. The van der Waals surface area contributed by atoms with Gasteiger partial charge < -0.3 is 14.4 Å². The zero-order chi connectivity index (χ0) is 20.0. The fraction of sp³-hybridized carbons (Fsp3) is 0.810. The molecule has 28 heavy (non-hydrogen) atoms. The lowest BCUT2D eigenvalue weighted by molar-refractivity contribution is -0.153. The Bertz CT molecular complexity index is 690. The molecule has 154 valence electrons. The molecule has 4 saturated heterocycles. The van der Waals surface area contributed by atoms with Crippen molar-refractivity contribution in [3.8, 4) is 0 Å². The lowest BCUT2D eigenvalue weighted by atomic mass is 9.76. The summed E-state index contributed by atoms with van der Waals surface area (Å²) < 4.78 is 11.2. The van der Waals surface area contributed by atoms with Gasteiger partial charge in [0, 0.05) is 24.8 Å². The maximum absolute atomic E-state index is 13.6. The predicted octanol–water partition coefficient (Wildman–Crippen LogP) is 1.87. The zero-order valence-electron chi connectivity index (χ0n) is 16.6. The first-order chi connectivity index (χ1) is 13.4. The number of rotatable bonds is 2. The number of ether oxygens (including phenoxy) is 2. The number of carbonyl (C=O) groups excluding carboxylic acids is 4. The highest BCUT2D eigenvalue weighted by Crippen LogP contribution is 2.42. The number of esters is 2. The highest BCUT2D eigenvalue weighted by Gasteiger charge is 2.52. The van der Waals surface area contributed by atoms with Crippen LogP contribution in [0, 0.1) is 23.7 Å². The van der Waals surface area contributed by atoms with Gasteiger partial charge in [-0.15, -0.1) is 0 Å². The van der Waals surface area contributed by atoms with E-state index in [1.54, 1.807) is 0 Å². The van der Waals surface area contributed by atoms with E-state index in [4.69, 9.17) is 9.47 Å². The Kier molecular flexibility index (Phi) is 5.19. The average molecular weight is 391 g/mol. The maximum atomic E-state index is 13.6. The van der Waals surface area contributed by atoms with Gasteiger partial charge in [-0.1, -0.05) is 20.3 Å². The predicted molar refractivity (Wildman–Crippen MR) is 97.9 cm³/mol. The molecule has 1 amide bonds. The van der Waals surface area contributed by atoms with Crippen LogP contribution >= 0.6 is 0 Å². The Hall–Kier alpha value is -1.92. The van der Waals surface area contributed by atoms with Crippen molar-refractivity contribution in [2.24, 2.45) is 23.7 Å². The summed E-state index contributed by atoms with van der Waals surface area (Å²) >= 11 is 0. The largest absolute Gasteiger partial charge is 0.461 e. The summed E-state index contributed by atoms with van der Waals surface area (Å²) in [4.78, 5) is 52.6. The lowest BCUT2D eigenvalue weighted by Gasteiger charge is -2.36. The third-order valence-electron chi connectivity index (χ3n) is 7.13. The molecule has 0 aromatic carbocycles. The van der Waals surface area contributed by atoms with Gasteiger partial charge >= 0.3 is 11.9 Å². The molecule has 7 atom stereocenters. The molecule has 4 aliphatic heterocycles. The Morgan fingerprint density at radius 2 is 1.82 bits per heavy atom. The molecule has 0 N–H and O–H groups in total. The van der Waals surface area contributed by atoms with Crippen LogP contribution in [0.5, 0.6) is 0 Å². The summed E-state index contributed by atoms with van der Waals surface area (Å²) in [5.74, 6) is -1.75. The second kappa shape index (κ2) is 7.48. The molecule has 4 rings (SSSR count). The summed E-state index contributed by atoms with van der Waals surface area (Å²) in [6.07, 6.45) is 3.00. The molecule has 0 spiro atoms. The molecule has 4 aliphatic rings. The van der Waals surface area contributed by atoms with Crippen LogP contribution in [0.4, 0.5) is 0 Å². The summed E-state index contributed by atoms with van der Waals surface area (Å²) in [5.41, 5.74) is 0. The highest BCUT2D eigenvalue weighted by atomic mass is 16.6. The fourth-order valence-electron chi connectivity index (χ4n) is 5.62. The van der Waals surface area contributed by atoms with Crippen LogP contribution in [0.1, 0.15) is 58.8 Å². The second-order valence-electron chi connectivity index (χ2n) is 8.82. The Morgan fingerprint density at radius 1 is 1.04 bits per heavy atom. The molecule has 0 aromatic rings. The first-order valence-corrected chi connectivity index (χ1v) is 10.6. The molecule has 0 aromatic heterocycles. The van der Waals surface area contributed by atoms with Crippen LogP contribution in [0.25, 0.3) is 0 Å². The molecule has 0 aliphatic carbocycles. The van der Waals surface area contributed by atoms with E-state index in [0.717, 1.165) is 19.3 Å². The van der Waals surface area contributed by atoms with Crippen LogP contribution in [-0.2, 0) is 28.7 Å². The fourth-order valence-corrected chi connectivity index (χ4v) is 5.62. The number of nitrogens with zero attached hydrogens (tertiary/aromatic N) is 1. The van der Waals surface area contributed by atoms with Crippen molar-refractivity contribution in [3.05, 3.63) is 0 Å². The molecule has 0 radical (unpaired) electrons. The number of amides is 1. The topological polar surface area (TPSA) is 90.0 Å². The molecule has 7 heteroatoms. The van der Waals surface area contributed by atoms with Gasteiger partial charge in [0.2, 0.25) is 5.91 Å². The number of Topliss-reactive ketones (excluding diaryl/α,β-unsaturated/α-hetero) is 1. The number of carbonyl (C=O) groups is 4. The molecule has 2 bridgehead atoms. The van der Waals surface area contributed by atoms with Gasteiger partial charge in [-0.2, -0.15) is 0 Å². The molecule has 4 heterocycles. The van der Waals surface area contributed by atoms with Gasteiger partial charge in [0.1, 0.15) is 18.0 Å². The van der Waals surface area contributed by atoms with E-state index in [1.807, 2.05) is 18.7 Å². The zero-order valence-corrected chi connectivity index (χ0v) is 16.6. The number of hydrogen-bond acceptors (Lipinski definition) is 6. The van der Waals surface area contributed by atoms with Crippen molar-refractivity contribution in [2.45, 2.75) is 77.0 Å². The number of hydrogen-bond donors (Lipinski definition) is 0. The SMILES string of the molecule is CC[C@H]1C2OC(=O)CC2C(=O)CC([C@H]2C[C@H](C)C(=O)O2)N2CCCC[C@@H]1C2=O. The van der Waals surface area contributed by atoms with E-state index in [0.29, 0.717) is 19.4 Å². The van der Waals surface area contributed by atoms with Crippen molar-refractivity contribution < 1.29 is 28.7 Å². The van der Waals surface area contributed by atoms with Crippen LogP contribution < -0.4 is 0 Å². The Balaban J connectivity index is 1.73. The number of cyclic esters (lactones) is 1. The van der Waals surface area contributed by atoms with Crippen molar-refractivity contribution in [1.82, 2.24) is 4.90 Å². The van der Waals surface area contributed by atoms with Crippen LogP contribution in [0.3, 0.4) is 0 Å². The van der Waals surface area contributed by atoms with Crippen molar-refractivity contribution in [2.75, 3.05) is 6.54 Å². The minimum absolute atomic E-state index is 0.0290. The Morgan fingerprint density at radius 3 is 2.50 bits per heavy atom. The van der Waals surface area contributed by atoms with Gasteiger partial charge in [0.05, 0.1) is 24.3 Å². The van der Waals surface area contributed by atoms with E-state index in [-0.39, 0.29) is 54.2 Å². The van der Waals surface area contributed by atoms with E-state index >= 15 is 0 Å². The van der Waals surface area contributed by atoms with Crippen molar-refractivity contribution in [1.29, 1.82) is 0 Å². The summed E-state index contributed by atoms with van der Waals surface area (Å²) in [6, 6.07) is -0.443. The first kappa shape index (κ1) is 19.4. The lowest BCUT2D eigenvalue weighted by Crippen LogP contribution is -2.50. The van der Waals surface area contributed by atoms with Gasteiger partial charge in [-0.25, -0.2) is 0 Å². The van der Waals surface area contributed by atoms with Crippen LogP contribution in [0.2, 0.25) is 0 Å². The minimum atomic E-state index is -0.511.